The SMILES string of the molecule is CC1=Cc2cnc(NC3CCN(S(=O)(=O)CC(F)(F)F)CC3)nc2N([C@@H]2CCC[C@@]2(C)O)C1O. The molecule has 4 rings (SSSR count). The summed E-state index contributed by atoms with van der Waals surface area (Å²) in [5.41, 5.74) is 0.444. The first-order chi connectivity index (χ1) is 15.8. The molecule has 9 nitrogen and oxygen atoms in total. The Kier molecular flexibility index (Phi) is 6.60. The number of halogens is 3. The lowest BCUT2D eigenvalue weighted by Gasteiger charge is -2.43. The summed E-state index contributed by atoms with van der Waals surface area (Å²) >= 11 is 0. The molecule has 2 fully saturated rings. The molecule has 1 aliphatic carbocycles. The molecule has 34 heavy (non-hydrogen) atoms. The molecule has 1 saturated heterocycles. The number of sulfonamides is 1. The van der Waals surface area contributed by atoms with Crippen LogP contribution in [0.4, 0.5) is 24.9 Å². The van der Waals surface area contributed by atoms with Crippen molar-refractivity contribution in [2.24, 2.45) is 0 Å². The lowest BCUT2D eigenvalue weighted by Crippen LogP contribution is -2.54. The van der Waals surface area contributed by atoms with Gasteiger partial charge in [0, 0.05) is 30.9 Å². The fourth-order valence-corrected chi connectivity index (χ4v) is 6.43. The Bertz CT molecular complexity index is 1050. The van der Waals surface area contributed by atoms with E-state index in [0.717, 1.165) is 10.7 Å². The van der Waals surface area contributed by atoms with Gasteiger partial charge in [-0.2, -0.15) is 18.2 Å². The van der Waals surface area contributed by atoms with E-state index in [1.165, 1.54) is 0 Å². The summed E-state index contributed by atoms with van der Waals surface area (Å²) in [6, 6.07) is -0.543. The molecule has 1 unspecified atom stereocenters. The number of nitrogens with one attached hydrogen (secondary N) is 1. The Morgan fingerprint density at radius 3 is 2.53 bits per heavy atom. The van der Waals surface area contributed by atoms with E-state index in [0.29, 0.717) is 42.6 Å². The van der Waals surface area contributed by atoms with Crippen molar-refractivity contribution in [3.63, 3.8) is 0 Å². The van der Waals surface area contributed by atoms with E-state index in [4.69, 9.17) is 0 Å². The lowest BCUT2D eigenvalue weighted by molar-refractivity contribution is -0.107. The van der Waals surface area contributed by atoms with Gasteiger partial charge in [0.05, 0.1) is 11.6 Å². The summed E-state index contributed by atoms with van der Waals surface area (Å²) in [4.78, 5) is 10.7. The molecule has 3 heterocycles. The Labute approximate surface area is 196 Å². The lowest BCUT2D eigenvalue weighted by atomic mass is 9.95. The van der Waals surface area contributed by atoms with Crippen LogP contribution in [0.5, 0.6) is 0 Å². The Balaban J connectivity index is 1.48. The highest BCUT2D eigenvalue weighted by molar-refractivity contribution is 7.89. The first-order valence-corrected chi connectivity index (χ1v) is 12.9. The third-order valence-corrected chi connectivity index (χ3v) is 8.68. The molecule has 0 spiro atoms. The maximum absolute atomic E-state index is 12.6. The van der Waals surface area contributed by atoms with Crippen molar-refractivity contribution in [3.05, 3.63) is 17.3 Å². The van der Waals surface area contributed by atoms with Crippen molar-refractivity contribution < 1.29 is 31.8 Å². The molecular formula is C21H30F3N5O4S. The van der Waals surface area contributed by atoms with E-state index < -0.39 is 33.8 Å². The number of anilines is 2. The molecular weight excluding hydrogens is 475 g/mol. The van der Waals surface area contributed by atoms with Gasteiger partial charge >= 0.3 is 6.18 Å². The van der Waals surface area contributed by atoms with Crippen LogP contribution >= 0.6 is 0 Å². The van der Waals surface area contributed by atoms with Crippen LogP contribution in [0.25, 0.3) is 6.08 Å². The van der Waals surface area contributed by atoms with Gasteiger partial charge in [0.15, 0.2) is 12.0 Å². The number of aromatic nitrogens is 2. The number of aliphatic hydroxyl groups excluding tert-OH is 1. The van der Waals surface area contributed by atoms with Crippen molar-refractivity contribution in [2.75, 3.05) is 29.1 Å². The Hall–Kier alpha value is -1.96. The normalized spacial score (nSPS) is 29.1. The Morgan fingerprint density at radius 2 is 1.94 bits per heavy atom. The highest BCUT2D eigenvalue weighted by Gasteiger charge is 2.45. The standard InChI is InChI=1S/C21H30F3N5O4S/c1-13-10-14-11-25-19(27-17(14)29(18(13)30)16-4-3-7-20(16,2)31)26-15-5-8-28(9-6-15)34(32,33)12-21(22,23)24/h10-11,15-16,18,30-31H,3-9,12H2,1-2H3,(H,25,26,27)/t16-,18?,20-/m1/s1. The molecule has 1 aromatic heterocycles. The molecule has 3 N–H and O–H groups in total. The van der Waals surface area contributed by atoms with Crippen LogP contribution < -0.4 is 10.2 Å². The van der Waals surface area contributed by atoms with E-state index in [9.17, 15) is 31.8 Å². The van der Waals surface area contributed by atoms with Gasteiger partial charge in [0.1, 0.15) is 5.82 Å². The van der Waals surface area contributed by atoms with Gasteiger partial charge < -0.3 is 20.4 Å². The average molecular weight is 506 g/mol. The molecule has 0 bridgehead atoms. The second kappa shape index (κ2) is 8.92. The maximum atomic E-state index is 12.6. The molecule has 13 heteroatoms. The molecule has 3 atom stereocenters. The van der Waals surface area contributed by atoms with Gasteiger partial charge in [-0.1, -0.05) is 0 Å². The molecule has 0 amide bonds. The summed E-state index contributed by atoms with van der Waals surface area (Å²) in [7, 11) is -4.40. The van der Waals surface area contributed by atoms with Crippen LogP contribution in [0.1, 0.15) is 51.5 Å². The van der Waals surface area contributed by atoms with Gasteiger partial charge in [-0.25, -0.2) is 17.7 Å². The fraction of sp³-hybridized carbons (Fsp3) is 0.714. The smallest absolute Gasteiger partial charge is 0.388 e. The van der Waals surface area contributed by atoms with E-state index in [1.54, 1.807) is 31.0 Å². The summed E-state index contributed by atoms with van der Waals surface area (Å²) < 4.78 is 62.6. The Morgan fingerprint density at radius 1 is 1.26 bits per heavy atom. The number of aliphatic hydroxyl groups is 2. The molecule has 1 saturated carbocycles. The second-order valence-electron chi connectivity index (χ2n) is 9.60. The number of fused-ring (bicyclic) bond motifs is 1. The predicted octanol–water partition coefficient (Wildman–Crippen LogP) is 2.09. The zero-order valence-electron chi connectivity index (χ0n) is 19.1. The van der Waals surface area contributed by atoms with Gasteiger partial charge in [-0.05, 0) is 57.6 Å². The number of alkyl halides is 3. The molecule has 3 aliphatic rings. The average Bonchev–Trinajstić information content (AvgIpc) is 3.07. The number of nitrogens with zero attached hydrogens (tertiary/aromatic N) is 4. The van der Waals surface area contributed by atoms with E-state index in [2.05, 4.69) is 15.3 Å². The third kappa shape index (κ3) is 5.16. The minimum absolute atomic E-state index is 0.0290. The van der Waals surface area contributed by atoms with Crippen LogP contribution in [0.15, 0.2) is 11.8 Å². The topological polar surface area (TPSA) is 119 Å². The molecule has 0 aromatic carbocycles. The van der Waals surface area contributed by atoms with Gasteiger partial charge in [-0.3, -0.25) is 0 Å². The number of piperidine rings is 1. The second-order valence-corrected chi connectivity index (χ2v) is 11.6. The minimum Gasteiger partial charge on any atom is -0.388 e. The zero-order chi connectivity index (χ0) is 24.9. The van der Waals surface area contributed by atoms with Crippen molar-refractivity contribution in [1.29, 1.82) is 0 Å². The highest BCUT2D eigenvalue weighted by atomic mass is 32.2. The van der Waals surface area contributed by atoms with Crippen molar-refractivity contribution >= 4 is 27.9 Å². The summed E-state index contributed by atoms with van der Waals surface area (Å²) in [6.07, 6.45) is 0.461. The van der Waals surface area contributed by atoms with Crippen LogP contribution in [0.3, 0.4) is 0 Å². The van der Waals surface area contributed by atoms with Crippen molar-refractivity contribution in [1.82, 2.24) is 14.3 Å². The zero-order valence-corrected chi connectivity index (χ0v) is 19.9. The molecule has 0 radical (unpaired) electrons. The quantitative estimate of drug-likeness (QED) is 0.557. The number of hydrogen-bond donors (Lipinski definition) is 3. The van der Waals surface area contributed by atoms with Crippen LogP contribution in [-0.4, -0.2) is 81.8 Å². The van der Waals surface area contributed by atoms with Gasteiger partial charge in [-0.15, -0.1) is 0 Å². The van der Waals surface area contributed by atoms with E-state index in [-0.39, 0.29) is 31.1 Å². The maximum Gasteiger partial charge on any atom is 0.404 e. The van der Waals surface area contributed by atoms with Gasteiger partial charge in [0.2, 0.25) is 16.0 Å². The number of rotatable bonds is 5. The first kappa shape index (κ1) is 25.1. The summed E-state index contributed by atoms with van der Waals surface area (Å²) in [5, 5.41) is 24.9. The van der Waals surface area contributed by atoms with Crippen LogP contribution in [0, 0.1) is 0 Å². The molecule has 190 valence electrons. The van der Waals surface area contributed by atoms with Crippen molar-refractivity contribution in [3.8, 4) is 0 Å². The number of hydrogen-bond acceptors (Lipinski definition) is 8. The predicted molar refractivity (Wildman–Crippen MR) is 120 cm³/mol. The van der Waals surface area contributed by atoms with E-state index >= 15 is 0 Å². The summed E-state index contributed by atoms with van der Waals surface area (Å²) in [5.74, 6) is -1.09. The first-order valence-electron chi connectivity index (χ1n) is 11.3. The van der Waals surface area contributed by atoms with Crippen molar-refractivity contribution in [2.45, 2.75) is 76.0 Å². The third-order valence-electron chi connectivity index (χ3n) is 6.84. The monoisotopic (exact) mass is 505 g/mol. The van der Waals surface area contributed by atoms with Gasteiger partial charge in [0.25, 0.3) is 0 Å². The fourth-order valence-electron chi connectivity index (χ4n) is 5.06. The summed E-state index contributed by atoms with van der Waals surface area (Å²) in [6.45, 7) is 3.50. The van der Waals surface area contributed by atoms with E-state index in [1.807, 2.05) is 0 Å². The van der Waals surface area contributed by atoms with Crippen LogP contribution in [-0.2, 0) is 10.0 Å². The van der Waals surface area contributed by atoms with Crippen LogP contribution in [0.2, 0.25) is 0 Å². The molecule has 1 aromatic rings. The molecule has 2 aliphatic heterocycles. The minimum atomic E-state index is -4.78. The highest BCUT2D eigenvalue weighted by Crippen LogP contribution is 2.41. The largest absolute Gasteiger partial charge is 0.404 e.